The van der Waals surface area contributed by atoms with Gasteiger partial charge in [-0.3, -0.25) is 4.79 Å². The number of para-hydroxylation sites is 1. The first-order chi connectivity index (χ1) is 8.65. The summed E-state index contributed by atoms with van der Waals surface area (Å²) >= 11 is 0. The molecule has 1 aromatic carbocycles. The normalized spacial score (nSPS) is 19.2. The van der Waals surface area contributed by atoms with Gasteiger partial charge in [0.15, 0.2) is 0 Å². The van der Waals surface area contributed by atoms with Crippen molar-refractivity contribution in [1.29, 1.82) is 0 Å². The van der Waals surface area contributed by atoms with Gasteiger partial charge in [-0.25, -0.2) is 0 Å². The van der Waals surface area contributed by atoms with Gasteiger partial charge in [-0.05, 0) is 25.8 Å². The van der Waals surface area contributed by atoms with E-state index in [4.69, 9.17) is 10.9 Å². The van der Waals surface area contributed by atoms with Gasteiger partial charge in [-0.15, -0.1) is 0 Å². The van der Waals surface area contributed by atoms with Crippen LogP contribution in [-0.2, 0) is 4.79 Å². The maximum Gasteiger partial charge on any atom is 0.239 e. The van der Waals surface area contributed by atoms with Crippen molar-refractivity contribution in [2.24, 2.45) is 10.9 Å². The average molecular weight is 247 g/mol. The minimum absolute atomic E-state index is 0.353. The number of amides is 1. The Balaban J connectivity index is 2.48. The summed E-state index contributed by atoms with van der Waals surface area (Å²) in [4.78, 5) is 13.3. The van der Waals surface area contributed by atoms with Gasteiger partial charge in [0, 0.05) is 17.8 Å². The number of hydrogen-bond acceptors (Lipinski definition) is 4. The maximum atomic E-state index is 11.4. The second-order valence-corrected chi connectivity index (χ2v) is 4.44. The lowest BCUT2D eigenvalue weighted by molar-refractivity contribution is -0.118. The standard InChI is InChI=1S/C13H17N3O2/c1-9(13(14)17)16-8-4-6-11(15-18)10-5-2-3-7-12(10)16/h2-3,5,7,9,18H,4,6,8H2,1H3,(H2,14,17)/b15-11-. The first-order valence-corrected chi connectivity index (χ1v) is 6.01. The van der Waals surface area contributed by atoms with E-state index in [1.54, 1.807) is 6.92 Å². The Morgan fingerprint density at radius 3 is 2.89 bits per heavy atom. The van der Waals surface area contributed by atoms with E-state index in [0.717, 1.165) is 24.2 Å². The van der Waals surface area contributed by atoms with Gasteiger partial charge in [0.2, 0.25) is 5.91 Å². The fraction of sp³-hybridized carbons (Fsp3) is 0.385. The number of hydrogen-bond donors (Lipinski definition) is 2. The topological polar surface area (TPSA) is 78.9 Å². The van der Waals surface area contributed by atoms with E-state index in [1.807, 2.05) is 29.2 Å². The molecule has 0 spiro atoms. The second kappa shape index (κ2) is 5.08. The van der Waals surface area contributed by atoms with Gasteiger partial charge >= 0.3 is 0 Å². The van der Waals surface area contributed by atoms with Gasteiger partial charge < -0.3 is 15.8 Å². The number of fused-ring (bicyclic) bond motifs is 1. The number of benzene rings is 1. The van der Waals surface area contributed by atoms with E-state index in [2.05, 4.69) is 5.16 Å². The summed E-state index contributed by atoms with van der Waals surface area (Å²) in [6.45, 7) is 2.51. The van der Waals surface area contributed by atoms with Crippen molar-refractivity contribution in [2.75, 3.05) is 11.4 Å². The zero-order valence-electron chi connectivity index (χ0n) is 10.3. The lowest BCUT2D eigenvalue weighted by atomic mass is 10.1. The van der Waals surface area contributed by atoms with Crippen LogP contribution < -0.4 is 10.6 Å². The van der Waals surface area contributed by atoms with Crippen LogP contribution in [0.15, 0.2) is 29.4 Å². The molecule has 5 nitrogen and oxygen atoms in total. The van der Waals surface area contributed by atoms with Crippen molar-refractivity contribution in [2.45, 2.75) is 25.8 Å². The number of primary amides is 1. The zero-order valence-corrected chi connectivity index (χ0v) is 10.3. The summed E-state index contributed by atoms with van der Waals surface area (Å²) in [6, 6.07) is 7.24. The van der Waals surface area contributed by atoms with Crippen LogP contribution in [0.1, 0.15) is 25.3 Å². The fourth-order valence-corrected chi connectivity index (χ4v) is 2.30. The Hall–Kier alpha value is -2.04. The average Bonchev–Trinajstić information content (AvgIpc) is 2.56. The third kappa shape index (κ3) is 2.16. The van der Waals surface area contributed by atoms with Crippen molar-refractivity contribution < 1.29 is 10.0 Å². The van der Waals surface area contributed by atoms with Crippen LogP contribution in [0.4, 0.5) is 5.69 Å². The van der Waals surface area contributed by atoms with E-state index in [-0.39, 0.29) is 11.9 Å². The van der Waals surface area contributed by atoms with Gasteiger partial charge in [0.05, 0.1) is 5.71 Å². The Morgan fingerprint density at radius 2 is 2.22 bits per heavy atom. The van der Waals surface area contributed by atoms with E-state index in [0.29, 0.717) is 12.1 Å². The third-order valence-electron chi connectivity index (χ3n) is 3.34. The Morgan fingerprint density at radius 1 is 1.50 bits per heavy atom. The first-order valence-electron chi connectivity index (χ1n) is 6.01. The number of anilines is 1. The van der Waals surface area contributed by atoms with E-state index in [9.17, 15) is 4.79 Å². The van der Waals surface area contributed by atoms with Crippen LogP contribution in [0.25, 0.3) is 0 Å². The number of carbonyl (C=O) groups excluding carboxylic acids is 1. The number of oxime groups is 1. The molecule has 5 heteroatoms. The molecule has 0 saturated carbocycles. The molecule has 2 rings (SSSR count). The van der Waals surface area contributed by atoms with Crippen LogP contribution in [-0.4, -0.2) is 29.4 Å². The molecule has 0 aliphatic carbocycles. The van der Waals surface area contributed by atoms with Crippen molar-refractivity contribution in [3.8, 4) is 0 Å². The monoisotopic (exact) mass is 247 g/mol. The quantitative estimate of drug-likeness (QED) is 0.611. The van der Waals surface area contributed by atoms with Crippen molar-refractivity contribution >= 4 is 17.3 Å². The van der Waals surface area contributed by atoms with Crippen molar-refractivity contribution in [1.82, 2.24) is 0 Å². The van der Waals surface area contributed by atoms with Crippen LogP contribution in [0.5, 0.6) is 0 Å². The summed E-state index contributed by atoms with van der Waals surface area (Å²) in [6.07, 6.45) is 1.52. The van der Waals surface area contributed by atoms with E-state index in [1.165, 1.54) is 0 Å². The lowest BCUT2D eigenvalue weighted by Crippen LogP contribution is -2.43. The highest BCUT2D eigenvalue weighted by Crippen LogP contribution is 2.28. The Bertz CT molecular complexity index is 485. The molecule has 1 heterocycles. The highest BCUT2D eigenvalue weighted by atomic mass is 16.4. The highest BCUT2D eigenvalue weighted by Gasteiger charge is 2.25. The molecule has 0 saturated heterocycles. The van der Waals surface area contributed by atoms with Crippen molar-refractivity contribution in [3.63, 3.8) is 0 Å². The van der Waals surface area contributed by atoms with E-state index >= 15 is 0 Å². The number of nitrogens with two attached hydrogens (primary N) is 1. The van der Waals surface area contributed by atoms with Crippen LogP contribution >= 0.6 is 0 Å². The molecule has 1 amide bonds. The number of rotatable bonds is 2. The van der Waals surface area contributed by atoms with Gasteiger partial charge in [-0.1, -0.05) is 23.4 Å². The summed E-state index contributed by atoms with van der Waals surface area (Å²) in [5.41, 5.74) is 7.80. The molecule has 1 unspecified atom stereocenters. The summed E-state index contributed by atoms with van der Waals surface area (Å²) in [5.74, 6) is -0.353. The van der Waals surface area contributed by atoms with Gasteiger partial charge in [-0.2, -0.15) is 0 Å². The minimum Gasteiger partial charge on any atom is -0.411 e. The molecule has 0 radical (unpaired) electrons. The molecule has 1 aliphatic heterocycles. The van der Waals surface area contributed by atoms with Crippen LogP contribution in [0.2, 0.25) is 0 Å². The molecule has 1 atom stereocenters. The molecule has 18 heavy (non-hydrogen) atoms. The third-order valence-corrected chi connectivity index (χ3v) is 3.34. The Labute approximate surface area is 106 Å². The molecule has 1 aromatic rings. The minimum atomic E-state index is -0.371. The molecular weight excluding hydrogens is 230 g/mol. The molecule has 96 valence electrons. The lowest BCUT2D eigenvalue weighted by Gasteiger charge is -2.29. The summed E-state index contributed by atoms with van der Waals surface area (Å²) < 4.78 is 0. The smallest absolute Gasteiger partial charge is 0.239 e. The number of nitrogens with zero attached hydrogens (tertiary/aromatic N) is 2. The maximum absolute atomic E-state index is 11.4. The molecule has 0 bridgehead atoms. The molecule has 1 aliphatic rings. The molecule has 0 aromatic heterocycles. The zero-order chi connectivity index (χ0) is 13.1. The largest absolute Gasteiger partial charge is 0.411 e. The second-order valence-electron chi connectivity index (χ2n) is 4.44. The number of carbonyl (C=O) groups is 1. The van der Waals surface area contributed by atoms with Crippen LogP contribution in [0, 0.1) is 0 Å². The highest BCUT2D eigenvalue weighted by molar-refractivity contribution is 6.06. The van der Waals surface area contributed by atoms with Gasteiger partial charge in [0.25, 0.3) is 0 Å². The predicted octanol–water partition coefficient (Wildman–Crippen LogP) is 1.34. The fourth-order valence-electron chi connectivity index (χ4n) is 2.30. The first kappa shape index (κ1) is 12.4. The van der Waals surface area contributed by atoms with Crippen molar-refractivity contribution in [3.05, 3.63) is 29.8 Å². The van der Waals surface area contributed by atoms with Gasteiger partial charge in [0.1, 0.15) is 6.04 Å². The Kier molecular flexibility index (Phi) is 3.50. The molecule has 0 fully saturated rings. The van der Waals surface area contributed by atoms with Crippen LogP contribution in [0.3, 0.4) is 0 Å². The van der Waals surface area contributed by atoms with E-state index < -0.39 is 0 Å². The summed E-state index contributed by atoms with van der Waals surface area (Å²) in [5, 5.41) is 12.4. The SMILES string of the molecule is CC(C(N)=O)N1CCC/C(=N/O)c2ccccc21. The molecular formula is C13H17N3O2. The molecule has 3 N–H and O–H groups in total. The summed E-state index contributed by atoms with van der Waals surface area (Å²) in [7, 11) is 0. The predicted molar refractivity (Wildman–Crippen MR) is 70.0 cm³/mol.